The largest absolute Gasteiger partial charge is 0.386 e. The van der Waals surface area contributed by atoms with Gasteiger partial charge in [-0.25, -0.2) is 9.59 Å². The van der Waals surface area contributed by atoms with Crippen LogP contribution in [0.4, 0.5) is 0 Å². The number of cyclic esters (lactones) is 2. The van der Waals surface area contributed by atoms with Crippen molar-refractivity contribution in [2.24, 2.45) is 0 Å². The van der Waals surface area contributed by atoms with E-state index in [1.54, 1.807) is 6.08 Å². The van der Waals surface area contributed by atoms with E-state index in [0.717, 1.165) is 0 Å². The van der Waals surface area contributed by atoms with Gasteiger partial charge >= 0.3 is 11.9 Å². The maximum absolute atomic E-state index is 11.1. The summed E-state index contributed by atoms with van der Waals surface area (Å²) in [6.45, 7) is 5.71. The van der Waals surface area contributed by atoms with Crippen LogP contribution in [-0.2, 0) is 19.1 Å². The minimum Gasteiger partial charge on any atom is -0.386 e. The molecule has 1 aliphatic rings. The fourth-order valence-corrected chi connectivity index (χ4v) is 1.20. The summed E-state index contributed by atoms with van der Waals surface area (Å²) < 4.78 is 9.66. The van der Waals surface area contributed by atoms with Crippen LogP contribution >= 0.6 is 0 Å². The lowest BCUT2D eigenvalue weighted by atomic mass is 10.1. The lowest BCUT2D eigenvalue weighted by molar-refractivity contribution is -0.151. The van der Waals surface area contributed by atoms with Gasteiger partial charge in [-0.3, -0.25) is 0 Å². The van der Waals surface area contributed by atoms with Crippen LogP contribution in [0.3, 0.4) is 0 Å². The lowest BCUT2D eigenvalue weighted by Gasteiger charge is -2.13. The molecule has 0 aromatic carbocycles. The zero-order valence-corrected chi connectivity index (χ0v) is 7.99. The van der Waals surface area contributed by atoms with E-state index in [0.29, 0.717) is 18.6 Å². The van der Waals surface area contributed by atoms with Crippen LogP contribution in [0.1, 0.15) is 13.3 Å². The Morgan fingerprint density at radius 3 is 2.79 bits per heavy atom. The molecule has 1 heterocycles. The highest BCUT2D eigenvalue weighted by molar-refractivity contribution is 6.09. The van der Waals surface area contributed by atoms with Crippen molar-refractivity contribution in [1.29, 1.82) is 0 Å². The molecule has 0 aromatic rings. The van der Waals surface area contributed by atoms with Crippen molar-refractivity contribution in [3.05, 3.63) is 24.3 Å². The molecule has 0 aliphatic carbocycles. The summed E-state index contributed by atoms with van der Waals surface area (Å²) in [6.07, 6.45) is 3.00. The Hall–Kier alpha value is -1.42. The zero-order valence-electron chi connectivity index (χ0n) is 7.99. The number of hydrogen-bond donors (Lipinski definition) is 0. The number of esters is 2. The fraction of sp³-hybridized carbons (Fsp3) is 0.400. The van der Waals surface area contributed by atoms with Gasteiger partial charge in [-0.1, -0.05) is 13.0 Å². The first-order valence-electron chi connectivity index (χ1n) is 4.39. The SMILES string of the molecule is C=CCOC(CC)C1=CC(=O)OC1=O. The van der Waals surface area contributed by atoms with Crippen molar-refractivity contribution in [2.45, 2.75) is 19.4 Å². The molecule has 1 atom stereocenters. The predicted octanol–water partition coefficient (Wildman–Crippen LogP) is 0.977. The molecule has 0 amide bonds. The molecule has 0 saturated carbocycles. The number of ether oxygens (including phenoxy) is 2. The third-order valence-electron chi connectivity index (χ3n) is 1.84. The van der Waals surface area contributed by atoms with Crippen molar-refractivity contribution >= 4 is 11.9 Å². The maximum Gasteiger partial charge on any atom is 0.344 e. The molecular formula is C10H12O4. The van der Waals surface area contributed by atoms with Gasteiger partial charge in [0.25, 0.3) is 0 Å². The molecule has 4 nitrogen and oxygen atoms in total. The van der Waals surface area contributed by atoms with Crippen molar-refractivity contribution in [3.63, 3.8) is 0 Å². The van der Waals surface area contributed by atoms with E-state index >= 15 is 0 Å². The molecule has 0 saturated heterocycles. The molecule has 1 aliphatic heterocycles. The van der Waals surface area contributed by atoms with Gasteiger partial charge in [0, 0.05) is 6.08 Å². The first-order valence-corrected chi connectivity index (χ1v) is 4.39. The third-order valence-corrected chi connectivity index (χ3v) is 1.84. The molecule has 76 valence electrons. The average molecular weight is 196 g/mol. The molecule has 0 radical (unpaired) electrons. The van der Waals surface area contributed by atoms with Crippen LogP contribution in [0.5, 0.6) is 0 Å². The minimum absolute atomic E-state index is 0.291. The van der Waals surface area contributed by atoms with E-state index in [-0.39, 0.29) is 6.10 Å². The van der Waals surface area contributed by atoms with E-state index in [1.165, 1.54) is 6.08 Å². The predicted molar refractivity (Wildman–Crippen MR) is 49.4 cm³/mol. The molecular weight excluding hydrogens is 184 g/mol. The van der Waals surface area contributed by atoms with Gasteiger partial charge in [0.15, 0.2) is 0 Å². The summed E-state index contributed by atoms with van der Waals surface area (Å²) in [5.41, 5.74) is 0.291. The standard InChI is InChI=1S/C10H12O4/c1-3-5-13-8(4-2)7-6-9(11)14-10(7)12/h3,6,8H,1,4-5H2,2H3. The van der Waals surface area contributed by atoms with Crippen molar-refractivity contribution < 1.29 is 19.1 Å². The van der Waals surface area contributed by atoms with Crippen LogP contribution in [0.15, 0.2) is 24.3 Å². The molecule has 0 aromatic heterocycles. The Labute approximate surface area is 82.2 Å². The first-order chi connectivity index (χ1) is 6.69. The zero-order chi connectivity index (χ0) is 10.6. The van der Waals surface area contributed by atoms with Gasteiger partial charge in [-0.2, -0.15) is 0 Å². The third kappa shape index (κ3) is 2.29. The maximum atomic E-state index is 11.1. The molecule has 0 spiro atoms. The average Bonchev–Trinajstić information content (AvgIpc) is 2.47. The van der Waals surface area contributed by atoms with E-state index in [1.807, 2.05) is 6.92 Å². The number of carbonyl (C=O) groups is 2. The highest BCUT2D eigenvalue weighted by Gasteiger charge is 2.29. The van der Waals surface area contributed by atoms with E-state index in [9.17, 15) is 9.59 Å². The molecule has 0 fully saturated rings. The molecule has 0 N–H and O–H groups in total. The van der Waals surface area contributed by atoms with Crippen molar-refractivity contribution in [1.82, 2.24) is 0 Å². The van der Waals surface area contributed by atoms with Crippen LogP contribution in [-0.4, -0.2) is 24.6 Å². The second kappa shape index (κ2) is 4.72. The topological polar surface area (TPSA) is 52.6 Å². The second-order valence-electron chi connectivity index (χ2n) is 2.83. The Morgan fingerprint density at radius 1 is 1.64 bits per heavy atom. The second-order valence-corrected chi connectivity index (χ2v) is 2.83. The van der Waals surface area contributed by atoms with Gasteiger partial charge in [-0.05, 0) is 6.42 Å². The van der Waals surface area contributed by atoms with Crippen LogP contribution in [0.2, 0.25) is 0 Å². The van der Waals surface area contributed by atoms with Gasteiger partial charge < -0.3 is 9.47 Å². The van der Waals surface area contributed by atoms with E-state index in [4.69, 9.17) is 4.74 Å². The molecule has 1 unspecified atom stereocenters. The summed E-state index contributed by atoms with van der Waals surface area (Å²) >= 11 is 0. The van der Waals surface area contributed by atoms with Crippen LogP contribution in [0.25, 0.3) is 0 Å². The number of carbonyl (C=O) groups excluding carboxylic acids is 2. The molecule has 1 rings (SSSR count). The minimum atomic E-state index is -0.620. The van der Waals surface area contributed by atoms with Gasteiger partial charge in [0.1, 0.15) is 0 Å². The Kier molecular flexibility index (Phi) is 3.59. The van der Waals surface area contributed by atoms with Gasteiger partial charge in [0.2, 0.25) is 0 Å². The summed E-state index contributed by atoms with van der Waals surface area (Å²) in [4.78, 5) is 21.9. The molecule has 0 bridgehead atoms. The van der Waals surface area contributed by atoms with Gasteiger partial charge in [0.05, 0.1) is 18.3 Å². The Balaban J connectivity index is 2.68. The van der Waals surface area contributed by atoms with Crippen molar-refractivity contribution in [2.75, 3.05) is 6.61 Å². The normalized spacial score (nSPS) is 17.6. The lowest BCUT2D eigenvalue weighted by Crippen LogP contribution is -2.19. The number of rotatable bonds is 5. The quantitative estimate of drug-likeness (QED) is 0.373. The summed E-state index contributed by atoms with van der Waals surface area (Å²) in [5.74, 6) is -1.23. The van der Waals surface area contributed by atoms with E-state index < -0.39 is 11.9 Å². The summed E-state index contributed by atoms with van der Waals surface area (Å²) in [7, 11) is 0. The fourth-order valence-electron chi connectivity index (χ4n) is 1.20. The van der Waals surface area contributed by atoms with Crippen LogP contribution in [0, 0.1) is 0 Å². The highest BCUT2D eigenvalue weighted by Crippen LogP contribution is 2.17. The Bertz CT molecular complexity index is 290. The first kappa shape index (κ1) is 10.7. The Morgan fingerprint density at radius 2 is 2.36 bits per heavy atom. The van der Waals surface area contributed by atoms with Gasteiger partial charge in [-0.15, -0.1) is 6.58 Å². The van der Waals surface area contributed by atoms with E-state index in [2.05, 4.69) is 11.3 Å². The van der Waals surface area contributed by atoms with Crippen LogP contribution < -0.4 is 0 Å². The van der Waals surface area contributed by atoms with Crippen molar-refractivity contribution in [3.8, 4) is 0 Å². The summed E-state index contributed by atoms with van der Waals surface area (Å²) in [5, 5.41) is 0. The smallest absolute Gasteiger partial charge is 0.344 e. The highest BCUT2D eigenvalue weighted by atomic mass is 16.6. The summed E-state index contributed by atoms with van der Waals surface area (Å²) in [6, 6.07) is 0. The molecule has 14 heavy (non-hydrogen) atoms. The monoisotopic (exact) mass is 196 g/mol. The molecule has 4 heteroatoms. The number of hydrogen-bond acceptors (Lipinski definition) is 4.